The molecule has 1 fully saturated rings. The van der Waals surface area contributed by atoms with Crippen LogP contribution >= 0.6 is 0 Å². The Morgan fingerprint density at radius 2 is 1.81 bits per heavy atom. The van der Waals surface area contributed by atoms with Crippen molar-refractivity contribution < 1.29 is 18.0 Å². The number of nitrogens with one attached hydrogen (secondary N) is 1. The lowest BCUT2D eigenvalue weighted by Crippen LogP contribution is -2.49. The second kappa shape index (κ2) is 7.55. The fourth-order valence-electron chi connectivity index (χ4n) is 3.09. The van der Waals surface area contributed by atoms with E-state index in [1.165, 1.54) is 5.01 Å². The number of piperidine rings is 1. The Labute approximate surface area is 152 Å². The standard InChI is InChI=1S/C17H22N4O4S/c1-20-16(22)8-7-15(18-20)17(23)21-11-9-13(10-12-21)19-26(24,25)14-5-3-2-4-6-14/h2-6,13,19H,7-12H2,1H3. The van der Waals surface area contributed by atoms with Crippen LogP contribution in [0, 0.1) is 0 Å². The summed E-state index contributed by atoms with van der Waals surface area (Å²) >= 11 is 0. The zero-order chi connectivity index (χ0) is 18.7. The number of likely N-dealkylation sites (tertiary alicyclic amines) is 1. The molecule has 3 rings (SSSR count). The number of nitrogens with zero attached hydrogens (tertiary/aromatic N) is 3. The Morgan fingerprint density at radius 3 is 2.42 bits per heavy atom. The molecule has 1 aromatic carbocycles. The van der Waals surface area contributed by atoms with E-state index in [2.05, 4.69) is 9.82 Å². The van der Waals surface area contributed by atoms with Gasteiger partial charge in [-0.15, -0.1) is 0 Å². The van der Waals surface area contributed by atoms with Crippen molar-refractivity contribution in [3.8, 4) is 0 Å². The van der Waals surface area contributed by atoms with E-state index >= 15 is 0 Å². The van der Waals surface area contributed by atoms with Gasteiger partial charge in [-0.25, -0.2) is 18.1 Å². The number of carbonyl (C=O) groups excluding carboxylic acids is 2. The molecule has 26 heavy (non-hydrogen) atoms. The van der Waals surface area contributed by atoms with Crippen LogP contribution < -0.4 is 4.72 Å². The van der Waals surface area contributed by atoms with E-state index in [1.54, 1.807) is 42.3 Å². The molecule has 0 radical (unpaired) electrons. The van der Waals surface area contributed by atoms with Gasteiger partial charge in [0.1, 0.15) is 5.71 Å². The fourth-order valence-corrected chi connectivity index (χ4v) is 4.42. The van der Waals surface area contributed by atoms with Gasteiger partial charge in [-0.2, -0.15) is 5.10 Å². The quantitative estimate of drug-likeness (QED) is 0.828. The number of amides is 2. The molecule has 0 spiro atoms. The average Bonchev–Trinajstić information content (AvgIpc) is 2.64. The van der Waals surface area contributed by atoms with Crippen LogP contribution in [-0.4, -0.2) is 62.0 Å². The SMILES string of the molecule is CN1N=C(C(=O)N2CCC(NS(=O)(=O)c3ccccc3)CC2)CCC1=O. The van der Waals surface area contributed by atoms with Crippen molar-refractivity contribution >= 4 is 27.5 Å². The fraction of sp³-hybridized carbons (Fsp3) is 0.471. The maximum absolute atomic E-state index is 12.5. The first-order chi connectivity index (χ1) is 12.4. The minimum absolute atomic E-state index is 0.101. The second-order valence-electron chi connectivity index (χ2n) is 6.46. The van der Waals surface area contributed by atoms with Gasteiger partial charge in [0.2, 0.25) is 15.9 Å². The topological polar surface area (TPSA) is 99.2 Å². The zero-order valence-electron chi connectivity index (χ0n) is 14.6. The van der Waals surface area contributed by atoms with Gasteiger partial charge in [0, 0.05) is 39.0 Å². The molecule has 0 bridgehead atoms. The summed E-state index contributed by atoms with van der Waals surface area (Å²) in [6.07, 6.45) is 1.72. The molecule has 1 N–H and O–H groups in total. The molecule has 0 atom stereocenters. The summed E-state index contributed by atoms with van der Waals surface area (Å²) in [5, 5.41) is 5.26. The van der Waals surface area contributed by atoms with E-state index in [4.69, 9.17) is 0 Å². The highest BCUT2D eigenvalue weighted by Gasteiger charge is 2.30. The summed E-state index contributed by atoms with van der Waals surface area (Å²) in [6.45, 7) is 0.912. The second-order valence-corrected chi connectivity index (χ2v) is 8.18. The maximum atomic E-state index is 12.5. The van der Waals surface area contributed by atoms with Crippen molar-refractivity contribution in [2.75, 3.05) is 20.1 Å². The predicted molar refractivity (Wildman–Crippen MR) is 95.8 cm³/mol. The van der Waals surface area contributed by atoms with Crippen molar-refractivity contribution in [3.05, 3.63) is 30.3 Å². The van der Waals surface area contributed by atoms with E-state index in [1.807, 2.05) is 0 Å². The van der Waals surface area contributed by atoms with E-state index in [0.29, 0.717) is 38.1 Å². The van der Waals surface area contributed by atoms with E-state index in [0.717, 1.165) is 0 Å². The van der Waals surface area contributed by atoms with Gasteiger partial charge in [-0.05, 0) is 25.0 Å². The Morgan fingerprint density at radius 1 is 1.15 bits per heavy atom. The van der Waals surface area contributed by atoms with Crippen LogP contribution in [0.1, 0.15) is 25.7 Å². The monoisotopic (exact) mass is 378 g/mol. The number of sulfonamides is 1. The predicted octanol–water partition coefficient (Wildman–Crippen LogP) is 0.564. The molecule has 0 unspecified atom stereocenters. The molecule has 1 saturated heterocycles. The molecule has 2 amide bonds. The molecular weight excluding hydrogens is 356 g/mol. The normalized spacial score (nSPS) is 19.4. The minimum atomic E-state index is -3.55. The van der Waals surface area contributed by atoms with Crippen LogP contribution in [0.2, 0.25) is 0 Å². The van der Waals surface area contributed by atoms with Gasteiger partial charge in [-0.1, -0.05) is 18.2 Å². The van der Waals surface area contributed by atoms with Gasteiger partial charge in [-0.3, -0.25) is 9.59 Å². The number of benzene rings is 1. The lowest BCUT2D eigenvalue weighted by Gasteiger charge is -2.33. The summed E-state index contributed by atoms with van der Waals surface area (Å²) in [6, 6.07) is 8.04. The van der Waals surface area contributed by atoms with Crippen LogP contribution in [0.4, 0.5) is 0 Å². The van der Waals surface area contributed by atoms with E-state index in [-0.39, 0.29) is 29.2 Å². The summed E-state index contributed by atoms with van der Waals surface area (Å²) in [7, 11) is -2.01. The number of rotatable bonds is 4. The van der Waals surface area contributed by atoms with Crippen LogP contribution in [0.25, 0.3) is 0 Å². The van der Waals surface area contributed by atoms with Gasteiger partial charge in [0.05, 0.1) is 4.90 Å². The van der Waals surface area contributed by atoms with E-state index < -0.39 is 10.0 Å². The smallest absolute Gasteiger partial charge is 0.270 e. The van der Waals surface area contributed by atoms with Crippen molar-refractivity contribution in [2.45, 2.75) is 36.6 Å². The molecule has 8 nitrogen and oxygen atoms in total. The summed E-state index contributed by atoms with van der Waals surface area (Å²) in [5.41, 5.74) is 0.385. The molecule has 0 aromatic heterocycles. The molecule has 2 heterocycles. The largest absolute Gasteiger partial charge is 0.337 e. The molecule has 2 aliphatic heterocycles. The van der Waals surface area contributed by atoms with Gasteiger partial charge < -0.3 is 4.90 Å². The number of hydrogen-bond donors (Lipinski definition) is 1. The third-order valence-corrected chi connectivity index (χ3v) is 6.15. The van der Waals surface area contributed by atoms with Crippen molar-refractivity contribution in [2.24, 2.45) is 5.10 Å². The first-order valence-corrected chi connectivity index (χ1v) is 10.1. The molecule has 0 saturated carbocycles. The number of hydrogen-bond acceptors (Lipinski definition) is 5. The lowest BCUT2D eigenvalue weighted by atomic mass is 10.0. The Hall–Kier alpha value is -2.26. The molecule has 140 valence electrons. The molecule has 2 aliphatic rings. The van der Waals surface area contributed by atoms with Crippen molar-refractivity contribution in [1.82, 2.24) is 14.6 Å². The third-order valence-electron chi connectivity index (χ3n) is 4.61. The summed E-state index contributed by atoms with van der Waals surface area (Å²) < 4.78 is 27.5. The average molecular weight is 378 g/mol. The maximum Gasteiger partial charge on any atom is 0.270 e. The lowest BCUT2D eigenvalue weighted by molar-refractivity contribution is -0.130. The van der Waals surface area contributed by atoms with Crippen molar-refractivity contribution in [3.63, 3.8) is 0 Å². The van der Waals surface area contributed by atoms with Crippen LogP contribution in [-0.2, 0) is 19.6 Å². The van der Waals surface area contributed by atoms with Crippen LogP contribution in [0.15, 0.2) is 40.3 Å². The molecule has 9 heteroatoms. The number of carbonyl (C=O) groups is 2. The highest BCUT2D eigenvalue weighted by molar-refractivity contribution is 7.89. The third kappa shape index (κ3) is 4.10. The summed E-state index contributed by atoms with van der Waals surface area (Å²) in [4.78, 5) is 25.9. The first-order valence-electron chi connectivity index (χ1n) is 8.57. The first kappa shape index (κ1) is 18.5. The van der Waals surface area contributed by atoms with Crippen LogP contribution in [0.5, 0.6) is 0 Å². The molecular formula is C17H22N4O4S. The summed E-state index contributed by atoms with van der Waals surface area (Å²) in [5.74, 6) is -0.274. The highest BCUT2D eigenvalue weighted by Crippen LogP contribution is 2.17. The van der Waals surface area contributed by atoms with E-state index in [9.17, 15) is 18.0 Å². The van der Waals surface area contributed by atoms with Gasteiger partial charge in [0.25, 0.3) is 5.91 Å². The molecule has 1 aromatic rings. The molecule has 0 aliphatic carbocycles. The van der Waals surface area contributed by atoms with Gasteiger partial charge >= 0.3 is 0 Å². The van der Waals surface area contributed by atoms with Crippen LogP contribution in [0.3, 0.4) is 0 Å². The van der Waals surface area contributed by atoms with Gasteiger partial charge in [0.15, 0.2) is 0 Å². The Kier molecular flexibility index (Phi) is 5.38. The minimum Gasteiger partial charge on any atom is -0.337 e. The highest BCUT2D eigenvalue weighted by atomic mass is 32.2. The Balaban J connectivity index is 1.57. The zero-order valence-corrected chi connectivity index (χ0v) is 15.4. The van der Waals surface area contributed by atoms with Crippen molar-refractivity contribution in [1.29, 1.82) is 0 Å². The number of hydrazone groups is 1. The Bertz CT molecular complexity index is 814.